The SMILES string of the molecule is CCOC(=O)CCc1cn(-c2ccc(-c3ccc(C(=N)N)cc3)nn2)cn1. The summed E-state index contributed by atoms with van der Waals surface area (Å²) in [6.45, 7) is 2.17. The van der Waals surface area contributed by atoms with Crippen LogP contribution in [0.1, 0.15) is 24.6 Å². The Bertz CT molecular complexity index is 932. The first kappa shape index (κ1) is 18.2. The molecule has 0 aliphatic carbocycles. The Hall–Kier alpha value is -3.55. The molecule has 8 heteroatoms. The maximum Gasteiger partial charge on any atom is 0.306 e. The van der Waals surface area contributed by atoms with Gasteiger partial charge in [0.25, 0.3) is 0 Å². The number of aromatic nitrogens is 4. The van der Waals surface area contributed by atoms with Gasteiger partial charge in [0, 0.05) is 23.7 Å². The Labute approximate surface area is 156 Å². The van der Waals surface area contributed by atoms with E-state index < -0.39 is 0 Å². The first-order valence-corrected chi connectivity index (χ1v) is 8.54. The van der Waals surface area contributed by atoms with Crippen molar-refractivity contribution in [1.82, 2.24) is 19.7 Å². The first-order valence-electron chi connectivity index (χ1n) is 8.54. The lowest BCUT2D eigenvalue weighted by atomic mass is 10.1. The van der Waals surface area contributed by atoms with E-state index in [0.717, 1.165) is 17.0 Å². The second kappa shape index (κ2) is 8.22. The van der Waals surface area contributed by atoms with Crippen LogP contribution in [0.2, 0.25) is 0 Å². The minimum atomic E-state index is -0.230. The zero-order valence-electron chi connectivity index (χ0n) is 14.9. The predicted octanol–water partition coefficient (Wildman–Crippen LogP) is 2.11. The minimum absolute atomic E-state index is 0.0295. The first-order chi connectivity index (χ1) is 13.1. The Morgan fingerprint density at radius 1 is 1.19 bits per heavy atom. The van der Waals surface area contributed by atoms with Gasteiger partial charge in [-0.05, 0) is 19.1 Å². The van der Waals surface area contributed by atoms with Crippen LogP contribution in [0.4, 0.5) is 0 Å². The predicted molar refractivity (Wildman–Crippen MR) is 101 cm³/mol. The average molecular weight is 364 g/mol. The lowest BCUT2D eigenvalue weighted by Crippen LogP contribution is -2.10. The highest BCUT2D eigenvalue weighted by molar-refractivity contribution is 5.95. The molecule has 138 valence electrons. The zero-order valence-corrected chi connectivity index (χ0v) is 14.9. The molecular formula is C19H20N6O2. The van der Waals surface area contributed by atoms with E-state index in [1.165, 1.54) is 0 Å². The van der Waals surface area contributed by atoms with Crippen LogP contribution in [0.25, 0.3) is 17.1 Å². The van der Waals surface area contributed by atoms with E-state index in [1.54, 1.807) is 30.0 Å². The van der Waals surface area contributed by atoms with E-state index in [2.05, 4.69) is 15.2 Å². The fourth-order valence-corrected chi connectivity index (χ4v) is 2.52. The lowest BCUT2D eigenvalue weighted by Gasteiger charge is -2.04. The molecule has 2 aromatic heterocycles. The van der Waals surface area contributed by atoms with E-state index in [-0.39, 0.29) is 11.8 Å². The van der Waals surface area contributed by atoms with Gasteiger partial charge in [-0.15, -0.1) is 10.2 Å². The summed E-state index contributed by atoms with van der Waals surface area (Å²) in [5, 5.41) is 15.9. The Morgan fingerprint density at radius 3 is 2.59 bits per heavy atom. The van der Waals surface area contributed by atoms with Crippen LogP contribution in [-0.2, 0) is 16.0 Å². The quantitative estimate of drug-likeness (QED) is 0.376. The molecule has 2 heterocycles. The highest BCUT2D eigenvalue weighted by Crippen LogP contribution is 2.18. The van der Waals surface area contributed by atoms with Gasteiger partial charge in [0.1, 0.15) is 12.2 Å². The molecule has 27 heavy (non-hydrogen) atoms. The van der Waals surface area contributed by atoms with Gasteiger partial charge in [0.15, 0.2) is 5.82 Å². The van der Waals surface area contributed by atoms with Crippen molar-refractivity contribution in [3.63, 3.8) is 0 Å². The number of carbonyl (C=O) groups is 1. The van der Waals surface area contributed by atoms with Crippen LogP contribution in [0.15, 0.2) is 48.9 Å². The number of rotatable bonds is 7. The second-order valence-corrected chi connectivity index (χ2v) is 5.85. The van der Waals surface area contributed by atoms with Crippen molar-refractivity contribution >= 4 is 11.8 Å². The van der Waals surface area contributed by atoms with Crippen molar-refractivity contribution in [3.8, 4) is 17.1 Å². The maximum absolute atomic E-state index is 11.4. The number of nitrogen functional groups attached to an aromatic ring is 1. The number of nitrogens with one attached hydrogen (secondary N) is 1. The molecule has 0 aliphatic heterocycles. The van der Waals surface area contributed by atoms with Crippen LogP contribution < -0.4 is 5.73 Å². The van der Waals surface area contributed by atoms with E-state index in [1.807, 2.05) is 30.5 Å². The number of hydrogen-bond acceptors (Lipinski definition) is 6. The number of carbonyl (C=O) groups excluding carboxylic acids is 1. The molecule has 8 nitrogen and oxygen atoms in total. The summed E-state index contributed by atoms with van der Waals surface area (Å²) in [5.74, 6) is 0.433. The van der Waals surface area contributed by atoms with Crippen molar-refractivity contribution in [1.29, 1.82) is 5.41 Å². The van der Waals surface area contributed by atoms with Gasteiger partial charge in [-0.3, -0.25) is 14.8 Å². The molecule has 3 rings (SSSR count). The molecule has 0 aliphatic rings. The Balaban J connectivity index is 1.68. The van der Waals surface area contributed by atoms with E-state index in [4.69, 9.17) is 15.9 Å². The number of nitrogens with two attached hydrogens (primary N) is 1. The molecule has 0 saturated carbocycles. The van der Waals surface area contributed by atoms with Gasteiger partial charge in [-0.1, -0.05) is 24.3 Å². The molecule has 0 fully saturated rings. The van der Waals surface area contributed by atoms with Crippen LogP contribution in [0, 0.1) is 5.41 Å². The number of aryl methyl sites for hydroxylation is 1. The van der Waals surface area contributed by atoms with Crippen molar-refractivity contribution in [3.05, 3.63) is 60.2 Å². The number of nitrogens with zero attached hydrogens (tertiary/aromatic N) is 4. The van der Waals surface area contributed by atoms with E-state index in [9.17, 15) is 4.79 Å². The third-order valence-corrected chi connectivity index (χ3v) is 3.93. The molecule has 0 bridgehead atoms. The Morgan fingerprint density at radius 2 is 1.96 bits per heavy atom. The van der Waals surface area contributed by atoms with Crippen molar-refractivity contribution in [2.45, 2.75) is 19.8 Å². The standard InChI is InChI=1S/C19H20N6O2/c1-2-27-18(26)10-7-15-11-25(12-22-15)17-9-8-16(23-24-17)13-3-5-14(6-4-13)19(20)21/h3-6,8-9,11-12H,2,7,10H2,1H3,(H3,20,21). The van der Waals surface area contributed by atoms with Crippen molar-refractivity contribution in [2.75, 3.05) is 6.61 Å². The van der Waals surface area contributed by atoms with E-state index >= 15 is 0 Å². The smallest absolute Gasteiger partial charge is 0.306 e. The number of imidazole rings is 1. The summed E-state index contributed by atoms with van der Waals surface area (Å²) in [7, 11) is 0. The van der Waals surface area contributed by atoms with E-state index in [0.29, 0.717) is 30.8 Å². The highest BCUT2D eigenvalue weighted by Gasteiger charge is 2.08. The maximum atomic E-state index is 11.4. The highest BCUT2D eigenvalue weighted by atomic mass is 16.5. The molecule has 0 radical (unpaired) electrons. The van der Waals surface area contributed by atoms with Gasteiger partial charge in [-0.2, -0.15) is 0 Å². The molecule has 0 amide bonds. The van der Waals surface area contributed by atoms with Gasteiger partial charge in [0.05, 0.1) is 24.4 Å². The number of benzene rings is 1. The largest absolute Gasteiger partial charge is 0.466 e. The van der Waals surface area contributed by atoms with Gasteiger partial charge < -0.3 is 10.5 Å². The van der Waals surface area contributed by atoms with Crippen LogP contribution in [0.3, 0.4) is 0 Å². The molecule has 0 atom stereocenters. The number of esters is 1. The average Bonchev–Trinajstić information content (AvgIpc) is 3.16. The summed E-state index contributed by atoms with van der Waals surface area (Å²) >= 11 is 0. The lowest BCUT2D eigenvalue weighted by molar-refractivity contribution is -0.143. The van der Waals surface area contributed by atoms with Crippen LogP contribution in [0.5, 0.6) is 0 Å². The van der Waals surface area contributed by atoms with Crippen LogP contribution in [-0.4, -0.2) is 38.2 Å². The third kappa shape index (κ3) is 4.55. The fraction of sp³-hybridized carbons (Fsp3) is 0.211. The Kier molecular flexibility index (Phi) is 5.55. The summed E-state index contributed by atoms with van der Waals surface area (Å²) < 4.78 is 6.68. The molecule has 0 unspecified atom stereocenters. The summed E-state index contributed by atoms with van der Waals surface area (Å²) in [5.41, 5.74) is 8.52. The van der Waals surface area contributed by atoms with Crippen LogP contribution >= 0.6 is 0 Å². The number of hydrogen-bond donors (Lipinski definition) is 2. The summed E-state index contributed by atoms with van der Waals surface area (Å²) in [4.78, 5) is 15.7. The van der Waals surface area contributed by atoms with Gasteiger partial charge in [-0.25, -0.2) is 4.98 Å². The molecule has 3 aromatic rings. The van der Waals surface area contributed by atoms with Gasteiger partial charge in [0.2, 0.25) is 0 Å². The topological polar surface area (TPSA) is 120 Å². The molecule has 0 saturated heterocycles. The van der Waals surface area contributed by atoms with Crippen molar-refractivity contribution in [2.24, 2.45) is 5.73 Å². The number of ether oxygens (including phenoxy) is 1. The summed E-state index contributed by atoms with van der Waals surface area (Å²) in [6, 6.07) is 11.0. The number of amidine groups is 1. The zero-order chi connectivity index (χ0) is 19.2. The second-order valence-electron chi connectivity index (χ2n) is 5.85. The molecule has 1 aromatic carbocycles. The molecule has 0 spiro atoms. The minimum Gasteiger partial charge on any atom is -0.466 e. The molecular weight excluding hydrogens is 344 g/mol. The molecule has 3 N–H and O–H groups in total. The fourth-order valence-electron chi connectivity index (χ4n) is 2.52. The monoisotopic (exact) mass is 364 g/mol. The third-order valence-electron chi connectivity index (χ3n) is 3.93. The van der Waals surface area contributed by atoms with Crippen molar-refractivity contribution < 1.29 is 9.53 Å². The summed E-state index contributed by atoms with van der Waals surface area (Å²) in [6.07, 6.45) is 4.28. The normalized spacial score (nSPS) is 10.6. The van der Waals surface area contributed by atoms with Gasteiger partial charge >= 0.3 is 5.97 Å².